The molecule has 0 unspecified atom stereocenters. The monoisotopic (exact) mass is 212 g/mol. The number of hydrogen-bond donors (Lipinski definition) is 0. The Morgan fingerprint density at radius 3 is 2.38 bits per heavy atom. The van der Waals surface area contributed by atoms with Crippen molar-refractivity contribution >= 4 is 11.6 Å². The van der Waals surface area contributed by atoms with Gasteiger partial charge < -0.3 is 4.90 Å². The summed E-state index contributed by atoms with van der Waals surface area (Å²) < 4.78 is 0. The quantitative estimate of drug-likeness (QED) is 0.765. The third kappa shape index (κ3) is 2.08. The topological polar surface area (TPSA) is 33.2 Å². The molecule has 1 aromatic carbocycles. The van der Waals surface area contributed by atoms with Crippen molar-refractivity contribution in [1.82, 2.24) is 4.98 Å². The number of pyridine rings is 1. The first-order chi connectivity index (χ1) is 7.79. The number of hydrogen-bond acceptors (Lipinski definition) is 2. The molecule has 1 aromatic heterocycles. The van der Waals surface area contributed by atoms with Gasteiger partial charge in [0.25, 0.3) is 5.91 Å². The van der Waals surface area contributed by atoms with Gasteiger partial charge in [-0.2, -0.15) is 0 Å². The molecule has 2 rings (SSSR count). The summed E-state index contributed by atoms with van der Waals surface area (Å²) in [5.41, 5.74) is 1.31. The van der Waals surface area contributed by atoms with E-state index in [-0.39, 0.29) is 5.91 Å². The molecule has 1 amide bonds. The first-order valence-corrected chi connectivity index (χ1v) is 5.03. The SMILES string of the molecule is CN(C(=O)c1ccccn1)c1ccccc1. The minimum absolute atomic E-state index is 0.105. The Hall–Kier alpha value is -2.16. The van der Waals surface area contributed by atoms with Gasteiger partial charge in [-0.15, -0.1) is 0 Å². The zero-order valence-corrected chi connectivity index (χ0v) is 9.00. The van der Waals surface area contributed by atoms with Crippen molar-refractivity contribution in [2.45, 2.75) is 0 Å². The lowest BCUT2D eigenvalue weighted by Gasteiger charge is -2.16. The average molecular weight is 212 g/mol. The maximum atomic E-state index is 12.0. The molecule has 3 heteroatoms. The van der Waals surface area contributed by atoms with Crippen LogP contribution in [0.5, 0.6) is 0 Å². The van der Waals surface area contributed by atoms with Crippen molar-refractivity contribution in [3.63, 3.8) is 0 Å². The molecule has 1 heterocycles. The van der Waals surface area contributed by atoms with Crippen LogP contribution >= 0.6 is 0 Å². The van der Waals surface area contributed by atoms with E-state index in [2.05, 4.69) is 4.98 Å². The summed E-state index contributed by atoms with van der Waals surface area (Å²) in [5.74, 6) is -0.105. The van der Waals surface area contributed by atoms with Gasteiger partial charge in [0, 0.05) is 18.9 Å². The van der Waals surface area contributed by atoms with E-state index < -0.39 is 0 Å². The molecule has 0 bridgehead atoms. The van der Waals surface area contributed by atoms with Crippen LogP contribution in [0.1, 0.15) is 10.5 Å². The minimum atomic E-state index is -0.105. The zero-order chi connectivity index (χ0) is 11.4. The Morgan fingerprint density at radius 1 is 1.06 bits per heavy atom. The molecule has 0 spiro atoms. The third-order valence-electron chi connectivity index (χ3n) is 2.33. The van der Waals surface area contributed by atoms with Crippen molar-refractivity contribution < 1.29 is 4.79 Å². The van der Waals surface area contributed by atoms with E-state index in [0.29, 0.717) is 5.69 Å². The highest BCUT2D eigenvalue weighted by atomic mass is 16.2. The van der Waals surface area contributed by atoms with Gasteiger partial charge in [-0.25, -0.2) is 0 Å². The van der Waals surface area contributed by atoms with Crippen LogP contribution in [-0.2, 0) is 0 Å². The first-order valence-electron chi connectivity index (χ1n) is 5.03. The first kappa shape index (κ1) is 10.4. The minimum Gasteiger partial charge on any atom is -0.310 e. The van der Waals surface area contributed by atoms with Crippen LogP contribution in [0.15, 0.2) is 54.7 Å². The Morgan fingerprint density at radius 2 is 1.75 bits per heavy atom. The van der Waals surface area contributed by atoms with E-state index in [1.54, 1.807) is 36.3 Å². The van der Waals surface area contributed by atoms with Gasteiger partial charge in [0.2, 0.25) is 0 Å². The molecule has 0 aliphatic heterocycles. The lowest BCUT2D eigenvalue weighted by Crippen LogP contribution is -2.26. The predicted molar refractivity (Wildman–Crippen MR) is 63.4 cm³/mol. The highest BCUT2D eigenvalue weighted by molar-refractivity contribution is 6.04. The summed E-state index contributed by atoms with van der Waals surface area (Å²) in [5, 5.41) is 0. The normalized spacial score (nSPS) is 9.81. The number of aromatic nitrogens is 1. The maximum Gasteiger partial charge on any atom is 0.276 e. The van der Waals surface area contributed by atoms with Gasteiger partial charge in [-0.3, -0.25) is 9.78 Å². The van der Waals surface area contributed by atoms with Gasteiger partial charge in [-0.05, 0) is 24.3 Å². The lowest BCUT2D eigenvalue weighted by atomic mass is 10.2. The predicted octanol–water partition coefficient (Wildman–Crippen LogP) is 2.36. The van der Waals surface area contributed by atoms with Crippen LogP contribution in [0.3, 0.4) is 0 Å². The highest BCUT2D eigenvalue weighted by Gasteiger charge is 2.13. The Balaban J connectivity index is 2.24. The molecule has 0 saturated heterocycles. The molecule has 16 heavy (non-hydrogen) atoms. The van der Waals surface area contributed by atoms with E-state index in [4.69, 9.17) is 0 Å². The summed E-state index contributed by atoms with van der Waals surface area (Å²) >= 11 is 0. The van der Waals surface area contributed by atoms with Gasteiger partial charge >= 0.3 is 0 Å². The van der Waals surface area contributed by atoms with Crippen LogP contribution in [0, 0.1) is 0 Å². The number of anilines is 1. The molecular formula is C13H12N2O. The van der Waals surface area contributed by atoms with Crippen molar-refractivity contribution in [3.05, 3.63) is 60.4 Å². The van der Waals surface area contributed by atoms with Gasteiger partial charge in [0.05, 0.1) is 0 Å². The van der Waals surface area contributed by atoms with Gasteiger partial charge in [-0.1, -0.05) is 24.3 Å². The van der Waals surface area contributed by atoms with Crippen LogP contribution in [0.2, 0.25) is 0 Å². The molecule has 0 radical (unpaired) electrons. The number of nitrogens with zero attached hydrogens (tertiary/aromatic N) is 2. The molecule has 0 saturated carbocycles. The fraction of sp³-hybridized carbons (Fsp3) is 0.0769. The van der Waals surface area contributed by atoms with Crippen molar-refractivity contribution in [2.24, 2.45) is 0 Å². The molecule has 2 aromatic rings. The second-order valence-electron chi connectivity index (χ2n) is 3.41. The van der Waals surface area contributed by atoms with Crippen LogP contribution in [-0.4, -0.2) is 17.9 Å². The van der Waals surface area contributed by atoms with Crippen LogP contribution in [0.25, 0.3) is 0 Å². The van der Waals surface area contributed by atoms with E-state index in [9.17, 15) is 4.79 Å². The number of carbonyl (C=O) groups is 1. The van der Waals surface area contributed by atoms with Crippen LogP contribution < -0.4 is 4.90 Å². The summed E-state index contributed by atoms with van der Waals surface area (Å²) in [6.07, 6.45) is 1.62. The molecule has 3 nitrogen and oxygen atoms in total. The van der Waals surface area contributed by atoms with Gasteiger partial charge in [0.1, 0.15) is 5.69 Å². The fourth-order valence-corrected chi connectivity index (χ4v) is 1.43. The maximum absolute atomic E-state index is 12.0. The van der Waals surface area contributed by atoms with E-state index >= 15 is 0 Å². The molecule has 0 fully saturated rings. The molecule has 0 N–H and O–H groups in total. The molecule has 0 atom stereocenters. The molecular weight excluding hydrogens is 200 g/mol. The molecule has 0 aliphatic rings. The lowest BCUT2D eigenvalue weighted by molar-refractivity contribution is 0.0988. The largest absolute Gasteiger partial charge is 0.310 e. The van der Waals surface area contributed by atoms with Crippen LogP contribution in [0.4, 0.5) is 5.69 Å². The highest BCUT2D eigenvalue weighted by Crippen LogP contribution is 2.13. The summed E-state index contributed by atoms with van der Waals surface area (Å²) in [6, 6.07) is 14.8. The summed E-state index contributed by atoms with van der Waals surface area (Å²) in [6.45, 7) is 0. The number of benzene rings is 1. The Labute approximate surface area is 94.4 Å². The van der Waals surface area contributed by atoms with E-state index in [1.165, 1.54) is 0 Å². The number of para-hydroxylation sites is 1. The van der Waals surface area contributed by atoms with Crippen molar-refractivity contribution in [3.8, 4) is 0 Å². The number of rotatable bonds is 2. The van der Waals surface area contributed by atoms with E-state index in [1.807, 2.05) is 30.3 Å². The number of carbonyl (C=O) groups excluding carboxylic acids is 1. The van der Waals surface area contributed by atoms with Crippen molar-refractivity contribution in [2.75, 3.05) is 11.9 Å². The molecule has 0 aliphatic carbocycles. The Bertz CT molecular complexity index is 468. The summed E-state index contributed by atoms with van der Waals surface area (Å²) in [7, 11) is 1.74. The number of amides is 1. The third-order valence-corrected chi connectivity index (χ3v) is 2.33. The molecule has 80 valence electrons. The zero-order valence-electron chi connectivity index (χ0n) is 9.00. The second kappa shape index (κ2) is 4.57. The van der Waals surface area contributed by atoms with Gasteiger partial charge in [0.15, 0.2) is 0 Å². The standard InChI is InChI=1S/C13H12N2O/c1-15(11-7-3-2-4-8-11)13(16)12-9-5-6-10-14-12/h2-10H,1H3. The second-order valence-corrected chi connectivity index (χ2v) is 3.41. The smallest absolute Gasteiger partial charge is 0.276 e. The summed E-state index contributed by atoms with van der Waals surface area (Å²) in [4.78, 5) is 17.6. The average Bonchev–Trinajstić information content (AvgIpc) is 2.39. The Kier molecular flexibility index (Phi) is 2.96. The van der Waals surface area contributed by atoms with E-state index in [0.717, 1.165) is 5.69 Å². The van der Waals surface area contributed by atoms with Crippen molar-refractivity contribution in [1.29, 1.82) is 0 Å². The fourth-order valence-electron chi connectivity index (χ4n) is 1.43.